The Kier molecular flexibility index (Phi) is 3.94. The zero-order chi connectivity index (χ0) is 17.4. The van der Waals surface area contributed by atoms with Crippen LogP contribution in [0.2, 0.25) is 0 Å². The number of fused-ring (bicyclic) bond motifs is 3. The number of rotatable bonds is 3. The molecule has 0 aliphatic heterocycles. The van der Waals surface area contributed by atoms with Gasteiger partial charge in [-0.05, 0) is 25.0 Å². The number of hydrogen-bond acceptors (Lipinski definition) is 8. The fourth-order valence-electron chi connectivity index (χ4n) is 2.75. The van der Waals surface area contributed by atoms with Gasteiger partial charge in [-0.15, -0.1) is 0 Å². The van der Waals surface area contributed by atoms with Crippen molar-refractivity contribution < 1.29 is 4.55 Å². The number of hydrogen-bond donors (Lipinski definition) is 2. The van der Waals surface area contributed by atoms with Gasteiger partial charge in [-0.2, -0.15) is 15.0 Å². The van der Waals surface area contributed by atoms with Crippen LogP contribution in [0.3, 0.4) is 0 Å². The molecule has 3 heterocycles. The van der Waals surface area contributed by atoms with Crippen LogP contribution in [0.15, 0.2) is 35.7 Å². The van der Waals surface area contributed by atoms with Crippen molar-refractivity contribution in [2.75, 3.05) is 17.3 Å². The summed E-state index contributed by atoms with van der Waals surface area (Å²) in [5.74, 6) is 1.43. The molecule has 3 aromatic heterocycles. The molecule has 0 radical (unpaired) electrons. The van der Waals surface area contributed by atoms with E-state index in [0.717, 1.165) is 16.8 Å². The van der Waals surface area contributed by atoms with Crippen LogP contribution in [0, 0.1) is 0 Å². The first-order valence-electron chi connectivity index (χ1n) is 7.66. The molecule has 0 amide bonds. The van der Waals surface area contributed by atoms with Crippen molar-refractivity contribution in [1.82, 2.24) is 24.9 Å². The van der Waals surface area contributed by atoms with Crippen molar-refractivity contribution in [2.24, 2.45) is 0 Å². The monoisotopic (exact) mass is 353 g/mol. The summed E-state index contributed by atoms with van der Waals surface area (Å²) in [7, 11) is 0. The molecular weight excluding hydrogens is 338 g/mol. The van der Waals surface area contributed by atoms with E-state index < -0.39 is 11.2 Å². The zero-order valence-electron chi connectivity index (χ0n) is 13.4. The number of nitrogen functional groups attached to an aromatic ring is 1. The molecule has 1 aliphatic rings. The molecule has 1 unspecified atom stereocenters. The van der Waals surface area contributed by atoms with Crippen LogP contribution in [0.25, 0.3) is 11.3 Å². The molecule has 9 heteroatoms. The molecule has 0 fully saturated rings. The first-order valence-corrected chi connectivity index (χ1v) is 9.22. The Bertz CT molecular complexity index is 933. The quantitative estimate of drug-likeness (QED) is 0.536. The first kappa shape index (κ1) is 15.7. The number of nitrogens with two attached hydrogens (primary N) is 1. The van der Waals surface area contributed by atoms with Crippen molar-refractivity contribution in [1.29, 1.82) is 0 Å². The molecule has 0 spiro atoms. The third-order valence-electron chi connectivity index (χ3n) is 3.91. The van der Waals surface area contributed by atoms with Crippen molar-refractivity contribution in [3.05, 3.63) is 41.9 Å². The van der Waals surface area contributed by atoms with Gasteiger partial charge < -0.3 is 15.6 Å². The molecule has 0 aromatic carbocycles. The lowest BCUT2D eigenvalue weighted by atomic mass is 9.94. The lowest BCUT2D eigenvalue weighted by Crippen LogP contribution is -2.16. The molecular formula is C16H15N7OS. The molecule has 0 saturated carbocycles. The van der Waals surface area contributed by atoms with Crippen LogP contribution >= 0.6 is 0 Å². The number of aryl methyl sites for hydroxylation is 1. The summed E-state index contributed by atoms with van der Waals surface area (Å²) in [6, 6.07) is 5.52. The van der Waals surface area contributed by atoms with Gasteiger partial charge in [0.2, 0.25) is 5.95 Å². The molecule has 4 rings (SSSR count). The Balaban J connectivity index is 1.77. The van der Waals surface area contributed by atoms with Gasteiger partial charge in [0.05, 0.1) is 11.4 Å². The van der Waals surface area contributed by atoms with Crippen LogP contribution in [0.5, 0.6) is 0 Å². The number of aromatic nitrogens is 5. The number of anilines is 3. The highest BCUT2D eigenvalue weighted by Gasteiger charge is 2.25. The van der Waals surface area contributed by atoms with Gasteiger partial charge in [0, 0.05) is 34.7 Å². The average Bonchev–Trinajstić information content (AvgIpc) is 2.62. The van der Waals surface area contributed by atoms with E-state index in [1.54, 1.807) is 18.6 Å². The minimum absolute atomic E-state index is 0.330. The Morgan fingerprint density at radius 2 is 2.04 bits per heavy atom. The summed E-state index contributed by atoms with van der Waals surface area (Å²) in [5, 5.41) is 3.38. The highest BCUT2D eigenvalue weighted by atomic mass is 32.2. The maximum absolute atomic E-state index is 11.6. The molecule has 8 nitrogen and oxygen atoms in total. The standard InChI is InChI=1S/C16H15N7OS/c1-25(24)16-19-8-10-11(20-16)6-5-9-13(10)22-15(23-14(9)17)21-12-4-2-3-7-18-12/h2-4,7-8H,5-6H2,1H3,(H3,17,18,21,22,23). The Labute approximate surface area is 147 Å². The van der Waals surface area contributed by atoms with Gasteiger partial charge in [-0.25, -0.2) is 9.97 Å². The van der Waals surface area contributed by atoms with Gasteiger partial charge in [0.15, 0.2) is 0 Å². The van der Waals surface area contributed by atoms with Gasteiger partial charge in [-0.3, -0.25) is 0 Å². The second kappa shape index (κ2) is 6.26. The fraction of sp³-hybridized carbons (Fsp3) is 0.188. The van der Waals surface area contributed by atoms with Gasteiger partial charge in [-0.1, -0.05) is 6.07 Å². The van der Waals surface area contributed by atoms with E-state index in [0.29, 0.717) is 41.3 Å². The smallest absolute Gasteiger partial charge is 0.342 e. The summed E-state index contributed by atoms with van der Waals surface area (Å²) in [6.07, 6.45) is 6.28. The van der Waals surface area contributed by atoms with E-state index in [-0.39, 0.29) is 0 Å². The highest BCUT2D eigenvalue weighted by Crippen LogP contribution is 2.34. The first-order chi connectivity index (χ1) is 12.1. The third-order valence-corrected chi connectivity index (χ3v) is 4.62. The summed E-state index contributed by atoms with van der Waals surface area (Å²) in [6.45, 7) is 0. The molecule has 3 aromatic rings. The molecule has 25 heavy (non-hydrogen) atoms. The van der Waals surface area contributed by atoms with E-state index in [1.807, 2.05) is 18.2 Å². The Hall–Kier alpha value is -2.78. The topological polar surface area (TPSA) is 126 Å². The van der Waals surface area contributed by atoms with E-state index >= 15 is 0 Å². The predicted octanol–water partition coefficient (Wildman–Crippen LogP) is 1.49. The largest absolute Gasteiger partial charge is 0.609 e. The zero-order valence-corrected chi connectivity index (χ0v) is 14.2. The average molecular weight is 353 g/mol. The molecule has 0 bridgehead atoms. The number of nitrogens with zero attached hydrogens (tertiary/aromatic N) is 5. The highest BCUT2D eigenvalue weighted by molar-refractivity contribution is 7.90. The van der Waals surface area contributed by atoms with Gasteiger partial charge >= 0.3 is 5.16 Å². The second-order valence-corrected chi connectivity index (χ2v) is 6.84. The fourth-order valence-corrected chi connectivity index (χ4v) is 3.19. The SMILES string of the molecule is C[S+]([O-])c1ncc2c(n1)CCc1c(N)nc(Nc3ccccn3)nc1-2. The summed E-state index contributed by atoms with van der Waals surface area (Å²) >= 11 is -1.22. The lowest BCUT2D eigenvalue weighted by Gasteiger charge is -2.20. The maximum atomic E-state index is 11.6. The van der Waals surface area contributed by atoms with E-state index in [2.05, 4.69) is 30.2 Å². The predicted molar refractivity (Wildman–Crippen MR) is 94.7 cm³/mol. The second-order valence-electron chi connectivity index (χ2n) is 5.57. The summed E-state index contributed by atoms with van der Waals surface area (Å²) < 4.78 is 11.6. The van der Waals surface area contributed by atoms with Crippen LogP contribution in [-0.4, -0.2) is 35.7 Å². The van der Waals surface area contributed by atoms with Gasteiger partial charge in [0.25, 0.3) is 0 Å². The molecule has 0 saturated heterocycles. The van der Waals surface area contributed by atoms with Crippen molar-refractivity contribution in [2.45, 2.75) is 18.0 Å². The maximum Gasteiger partial charge on any atom is 0.342 e. The number of nitrogens with one attached hydrogen (secondary N) is 1. The molecule has 3 N–H and O–H groups in total. The van der Waals surface area contributed by atoms with E-state index in [1.165, 1.54) is 0 Å². The van der Waals surface area contributed by atoms with Crippen molar-refractivity contribution in [3.8, 4) is 11.3 Å². The van der Waals surface area contributed by atoms with Gasteiger partial charge in [0.1, 0.15) is 17.9 Å². The van der Waals surface area contributed by atoms with Crippen LogP contribution in [0.1, 0.15) is 11.3 Å². The number of pyridine rings is 1. The minimum atomic E-state index is -1.22. The van der Waals surface area contributed by atoms with Crippen LogP contribution < -0.4 is 11.1 Å². The summed E-state index contributed by atoms with van der Waals surface area (Å²) in [5.41, 5.74) is 9.35. The summed E-state index contributed by atoms with van der Waals surface area (Å²) in [4.78, 5) is 21.7. The van der Waals surface area contributed by atoms with Crippen molar-refractivity contribution >= 4 is 28.8 Å². The lowest BCUT2D eigenvalue weighted by molar-refractivity contribution is 0.590. The Morgan fingerprint density at radius 3 is 2.80 bits per heavy atom. The normalized spacial score (nSPS) is 13.7. The van der Waals surface area contributed by atoms with Crippen LogP contribution in [-0.2, 0) is 24.0 Å². The van der Waals surface area contributed by atoms with E-state index in [4.69, 9.17) is 5.73 Å². The van der Waals surface area contributed by atoms with Crippen LogP contribution in [0.4, 0.5) is 17.6 Å². The molecule has 1 atom stereocenters. The van der Waals surface area contributed by atoms with Crippen molar-refractivity contribution in [3.63, 3.8) is 0 Å². The molecule has 1 aliphatic carbocycles. The Morgan fingerprint density at radius 1 is 1.16 bits per heavy atom. The molecule has 126 valence electrons. The van der Waals surface area contributed by atoms with E-state index in [9.17, 15) is 4.55 Å². The minimum Gasteiger partial charge on any atom is -0.609 e. The third kappa shape index (κ3) is 2.99.